The summed E-state index contributed by atoms with van der Waals surface area (Å²) in [6, 6.07) is 15.3. The van der Waals surface area contributed by atoms with Crippen molar-refractivity contribution in [1.82, 2.24) is 5.32 Å². The number of rotatable bonds is 5. The summed E-state index contributed by atoms with van der Waals surface area (Å²) in [5, 5.41) is 13.1. The molecular weight excluding hydrogens is 330 g/mol. The van der Waals surface area contributed by atoms with Gasteiger partial charge in [-0.1, -0.05) is 48.5 Å². The monoisotopic (exact) mass is 355 g/mol. The number of hydrogen-bond acceptors (Lipinski definition) is 4. The first-order chi connectivity index (χ1) is 12.2. The molecule has 0 fully saturated rings. The summed E-state index contributed by atoms with van der Waals surface area (Å²) in [7, 11) is 0. The molecule has 0 aromatic heterocycles. The van der Waals surface area contributed by atoms with Crippen molar-refractivity contribution in [1.29, 1.82) is 0 Å². The minimum absolute atomic E-state index is 0.341. The van der Waals surface area contributed by atoms with E-state index in [4.69, 9.17) is 4.74 Å². The van der Waals surface area contributed by atoms with Crippen molar-refractivity contribution in [2.24, 2.45) is 0 Å². The molecule has 0 aliphatic heterocycles. The predicted molar refractivity (Wildman–Crippen MR) is 100.0 cm³/mol. The highest BCUT2D eigenvalue weighted by atomic mass is 16.6. The standard InChI is InChI=1S/C21H25NO4/c1-14(22-20(25)26-21(2,3)4)16-11-8-12-17(13-16)19(24)18(23)15-9-6-5-7-10-15/h5-14,18,23H,1-4H3,(H,22,25). The summed E-state index contributed by atoms with van der Waals surface area (Å²) < 4.78 is 5.25. The first kappa shape index (κ1) is 19.7. The highest BCUT2D eigenvalue weighted by Crippen LogP contribution is 2.21. The van der Waals surface area contributed by atoms with Gasteiger partial charge < -0.3 is 15.2 Å². The van der Waals surface area contributed by atoms with E-state index in [1.165, 1.54) is 0 Å². The summed E-state index contributed by atoms with van der Waals surface area (Å²) in [5.74, 6) is -0.387. The summed E-state index contributed by atoms with van der Waals surface area (Å²) in [5.41, 5.74) is 1.10. The van der Waals surface area contributed by atoms with E-state index in [1.807, 2.05) is 12.1 Å². The average molecular weight is 355 g/mol. The second kappa shape index (κ2) is 8.15. The fourth-order valence-corrected chi connectivity index (χ4v) is 2.47. The van der Waals surface area contributed by atoms with Gasteiger partial charge in [-0.25, -0.2) is 4.79 Å². The van der Waals surface area contributed by atoms with Crippen LogP contribution in [0.15, 0.2) is 54.6 Å². The third-order valence-electron chi connectivity index (χ3n) is 3.77. The van der Waals surface area contributed by atoms with Crippen LogP contribution < -0.4 is 5.32 Å². The fraction of sp³-hybridized carbons (Fsp3) is 0.333. The molecule has 2 aromatic rings. The maximum Gasteiger partial charge on any atom is 0.408 e. The molecule has 2 N–H and O–H groups in total. The molecule has 0 saturated heterocycles. The van der Waals surface area contributed by atoms with Gasteiger partial charge >= 0.3 is 6.09 Å². The van der Waals surface area contributed by atoms with Crippen LogP contribution in [0.1, 0.15) is 61.3 Å². The molecule has 0 radical (unpaired) electrons. The second-order valence-corrected chi connectivity index (χ2v) is 7.17. The summed E-state index contributed by atoms with van der Waals surface area (Å²) in [6.07, 6.45) is -1.74. The zero-order valence-electron chi connectivity index (χ0n) is 15.5. The lowest BCUT2D eigenvalue weighted by Gasteiger charge is -2.22. The Balaban J connectivity index is 2.12. The number of carbonyl (C=O) groups is 2. The Morgan fingerprint density at radius 3 is 2.23 bits per heavy atom. The molecule has 138 valence electrons. The Hall–Kier alpha value is -2.66. The second-order valence-electron chi connectivity index (χ2n) is 7.17. The lowest BCUT2D eigenvalue weighted by molar-refractivity contribution is 0.0508. The molecule has 1 amide bonds. The molecule has 0 heterocycles. The van der Waals surface area contributed by atoms with Gasteiger partial charge in [-0.05, 0) is 44.9 Å². The van der Waals surface area contributed by atoms with E-state index in [0.717, 1.165) is 5.56 Å². The van der Waals surface area contributed by atoms with E-state index in [9.17, 15) is 14.7 Å². The van der Waals surface area contributed by atoms with Crippen molar-refractivity contribution in [2.45, 2.75) is 45.4 Å². The van der Waals surface area contributed by atoms with Crippen molar-refractivity contribution >= 4 is 11.9 Å². The van der Waals surface area contributed by atoms with E-state index in [1.54, 1.807) is 70.2 Å². The molecule has 2 unspecified atom stereocenters. The zero-order valence-corrected chi connectivity index (χ0v) is 15.5. The molecule has 5 heteroatoms. The minimum Gasteiger partial charge on any atom is -0.444 e. The van der Waals surface area contributed by atoms with Gasteiger partial charge in [0.1, 0.15) is 11.7 Å². The van der Waals surface area contributed by atoms with Crippen LogP contribution in [-0.4, -0.2) is 22.6 Å². The van der Waals surface area contributed by atoms with Gasteiger partial charge in [0.25, 0.3) is 0 Å². The van der Waals surface area contributed by atoms with Crippen molar-refractivity contribution in [2.75, 3.05) is 0 Å². The number of carbonyl (C=O) groups excluding carboxylic acids is 2. The molecule has 0 aliphatic rings. The van der Waals surface area contributed by atoms with Crippen molar-refractivity contribution in [3.05, 3.63) is 71.3 Å². The number of aliphatic hydroxyl groups is 1. The van der Waals surface area contributed by atoms with Crippen molar-refractivity contribution in [3.63, 3.8) is 0 Å². The van der Waals surface area contributed by atoms with Crippen LogP contribution >= 0.6 is 0 Å². The highest BCUT2D eigenvalue weighted by Gasteiger charge is 2.21. The Bertz CT molecular complexity index is 765. The topological polar surface area (TPSA) is 75.6 Å². The number of aliphatic hydroxyl groups excluding tert-OH is 1. The van der Waals surface area contributed by atoms with Gasteiger partial charge in [0.05, 0.1) is 6.04 Å². The van der Waals surface area contributed by atoms with Crippen LogP contribution in [0, 0.1) is 0 Å². The molecule has 5 nitrogen and oxygen atoms in total. The van der Waals surface area contributed by atoms with E-state index in [2.05, 4.69) is 5.32 Å². The fourth-order valence-electron chi connectivity index (χ4n) is 2.47. The predicted octanol–water partition coefficient (Wildman–Crippen LogP) is 4.19. The Kier molecular flexibility index (Phi) is 6.16. The van der Waals surface area contributed by atoms with Crippen LogP contribution in [0.4, 0.5) is 4.79 Å². The van der Waals surface area contributed by atoms with Gasteiger partial charge in [0.15, 0.2) is 5.78 Å². The number of nitrogens with one attached hydrogen (secondary N) is 1. The molecular formula is C21H25NO4. The SMILES string of the molecule is CC(NC(=O)OC(C)(C)C)c1cccc(C(=O)C(O)c2ccccc2)c1. The van der Waals surface area contributed by atoms with Crippen molar-refractivity contribution in [3.8, 4) is 0 Å². The van der Waals surface area contributed by atoms with Gasteiger partial charge in [-0.2, -0.15) is 0 Å². The summed E-state index contributed by atoms with van der Waals surface area (Å²) in [6.45, 7) is 7.19. The highest BCUT2D eigenvalue weighted by molar-refractivity contribution is 6.00. The smallest absolute Gasteiger partial charge is 0.408 e. The molecule has 0 saturated carbocycles. The maximum atomic E-state index is 12.6. The molecule has 2 rings (SSSR count). The normalized spacial score (nSPS) is 13.6. The Morgan fingerprint density at radius 2 is 1.62 bits per heavy atom. The first-order valence-electron chi connectivity index (χ1n) is 8.54. The van der Waals surface area contributed by atoms with E-state index >= 15 is 0 Å². The quantitative estimate of drug-likeness (QED) is 0.789. The third kappa shape index (κ3) is 5.43. The number of ketones is 1. The van der Waals surface area contributed by atoms with Gasteiger partial charge in [-0.3, -0.25) is 4.79 Å². The number of hydrogen-bond donors (Lipinski definition) is 2. The lowest BCUT2D eigenvalue weighted by atomic mass is 9.97. The van der Waals surface area contributed by atoms with E-state index in [-0.39, 0.29) is 11.8 Å². The molecule has 0 spiro atoms. The number of amides is 1. The van der Waals surface area contributed by atoms with Gasteiger partial charge in [-0.15, -0.1) is 0 Å². The summed E-state index contributed by atoms with van der Waals surface area (Å²) >= 11 is 0. The largest absolute Gasteiger partial charge is 0.444 e. The number of ether oxygens (including phenoxy) is 1. The Morgan fingerprint density at radius 1 is 1.00 bits per heavy atom. The van der Waals surface area contributed by atoms with Crippen LogP contribution in [0.3, 0.4) is 0 Å². The molecule has 0 aliphatic carbocycles. The van der Waals surface area contributed by atoms with Gasteiger partial charge in [0.2, 0.25) is 0 Å². The molecule has 26 heavy (non-hydrogen) atoms. The molecule has 2 atom stereocenters. The van der Waals surface area contributed by atoms with Gasteiger partial charge in [0, 0.05) is 5.56 Å². The minimum atomic E-state index is -1.22. The zero-order chi connectivity index (χ0) is 19.3. The van der Waals surface area contributed by atoms with E-state index < -0.39 is 17.8 Å². The molecule has 0 bridgehead atoms. The third-order valence-corrected chi connectivity index (χ3v) is 3.77. The van der Waals surface area contributed by atoms with Crippen LogP contribution in [0.25, 0.3) is 0 Å². The number of Topliss-reactive ketones (excluding diaryl/α,β-unsaturated/α-hetero) is 1. The number of benzene rings is 2. The lowest BCUT2D eigenvalue weighted by Crippen LogP contribution is -2.34. The average Bonchev–Trinajstić information content (AvgIpc) is 2.59. The van der Waals surface area contributed by atoms with Crippen molar-refractivity contribution < 1.29 is 19.4 Å². The summed E-state index contributed by atoms with van der Waals surface area (Å²) in [4.78, 5) is 24.5. The van der Waals surface area contributed by atoms with Crippen LogP contribution in [0.2, 0.25) is 0 Å². The van der Waals surface area contributed by atoms with Crippen LogP contribution in [-0.2, 0) is 4.74 Å². The first-order valence-corrected chi connectivity index (χ1v) is 8.54. The van der Waals surface area contributed by atoms with E-state index in [0.29, 0.717) is 11.1 Å². The maximum absolute atomic E-state index is 12.6. The van der Waals surface area contributed by atoms with Crippen LogP contribution in [0.5, 0.6) is 0 Å². The number of alkyl carbamates (subject to hydrolysis) is 1. The Labute approximate surface area is 154 Å². The molecule has 2 aromatic carbocycles.